The zero-order chi connectivity index (χ0) is 19.8. The summed E-state index contributed by atoms with van der Waals surface area (Å²) in [5, 5.41) is 5.51. The number of rotatable bonds is 7. The van der Waals surface area contributed by atoms with Crippen LogP contribution in [0.5, 0.6) is 5.75 Å². The molecule has 148 valence electrons. The highest BCUT2D eigenvalue weighted by atomic mass is 16.5. The fraction of sp³-hybridized carbons (Fsp3) is 0.400. The zero-order valence-electron chi connectivity index (χ0n) is 15.8. The van der Waals surface area contributed by atoms with Crippen LogP contribution in [0.15, 0.2) is 42.9 Å². The third-order valence-electron chi connectivity index (χ3n) is 4.98. The number of hydrogen-bond donors (Lipinski definition) is 2. The topological polar surface area (TPSA) is 102 Å². The molecule has 0 saturated carbocycles. The molecule has 2 aromatic rings. The first-order valence-corrected chi connectivity index (χ1v) is 9.16. The highest BCUT2D eigenvalue weighted by molar-refractivity contribution is 5.94. The molecule has 8 nitrogen and oxygen atoms in total. The number of benzene rings is 1. The Bertz CT molecular complexity index is 790. The maximum atomic E-state index is 12.3. The van der Waals surface area contributed by atoms with Crippen LogP contribution in [0.3, 0.4) is 0 Å². The van der Waals surface area contributed by atoms with Gasteiger partial charge in [0.2, 0.25) is 5.91 Å². The number of ether oxygens (including phenoxy) is 2. The van der Waals surface area contributed by atoms with Crippen molar-refractivity contribution in [3.63, 3.8) is 0 Å². The number of amides is 2. The van der Waals surface area contributed by atoms with Gasteiger partial charge in [-0.2, -0.15) is 0 Å². The highest BCUT2D eigenvalue weighted by Crippen LogP contribution is 2.35. The second-order valence-corrected chi connectivity index (χ2v) is 6.67. The minimum atomic E-state index is -0.431. The molecule has 0 bridgehead atoms. The Morgan fingerprint density at radius 3 is 2.54 bits per heavy atom. The zero-order valence-corrected chi connectivity index (χ0v) is 15.8. The van der Waals surface area contributed by atoms with E-state index in [0.29, 0.717) is 19.8 Å². The molecule has 2 amide bonds. The summed E-state index contributed by atoms with van der Waals surface area (Å²) in [6.45, 7) is 1.64. The fourth-order valence-electron chi connectivity index (χ4n) is 3.27. The predicted molar refractivity (Wildman–Crippen MR) is 102 cm³/mol. The summed E-state index contributed by atoms with van der Waals surface area (Å²) >= 11 is 0. The van der Waals surface area contributed by atoms with E-state index in [9.17, 15) is 9.59 Å². The van der Waals surface area contributed by atoms with Crippen molar-refractivity contribution >= 4 is 11.8 Å². The summed E-state index contributed by atoms with van der Waals surface area (Å²) in [7, 11) is 1.63. The minimum Gasteiger partial charge on any atom is -0.497 e. The molecule has 3 rings (SSSR count). The van der Waals surface area contributed by atoms with Gasteiger partial charge in [-0.1, -0.05) is 12.1 Å². The lowest BCUT2D eigenvalue weighted by Gasteiger charge is -2.38. The van der Waals surface area contributed by atoms with Crippen LogP contribution in [0, 0.1) is 0 Å². The lowest BCUT2D eigenvalue weighted by Crippen LogP contribution is -2.47. The number of carbonyl (C=O) groups excluding carboxylic acids is 2. The number of methoxy groups -OCH3 is 1. The third kappa shape index (κ3) is 4.83. The molecule has 8 heteroatoms. The van der Waals surface area contributed by atoms with Crippen LogP contribution in [0.2, 0.25) is 0 Å². The largest absolute Gasteiger partial charge is 0.497 e. The van der Waals surface area contributed by atoms with Crippen molar-refractivity contribution in [3.8, 4) is 5.75 Å². The van der Waals surface area contributed by atoms with Crippen molar-refractivity contribution in [1.82, 2.24) is 20.6 Å². The Morgan fingerprint density at radius 2 is 1.89 bits per heavy atom. The Labute approximate surface area is 163 Å². The summed E-state index contributed by atoms with van der Waals surface area (Å²) in [4.78, 5) is 32.0. The molecule has 1 aromatic heterocycles. The van der Waals surface area contributed by atoms with Gasteiger partial charge in [0.05, 0.1) is 19.9 Å². The lowest BCUT2D eigenvalue weighted by molar-refractivity contribution is -0.120. The molecule has 0 atom stereocenters. The molecular formula is C20H24N4O4. The van der Waals surface area contributed by atoms with Gasteiger partial charge in [0, 0.05) is 37.6 Å². The van der Waals surface area contributed by atoms with E-state index in [4.69, 9.17) is 9.47 Å². The summed E-state index contributed by atoms with van der Waals surface area (Å²) in [5.74, 6) is 0.109. The van der Waals surface area contributed by atoms with E-state index < -0.39 is 5.91 Å². The molecule has 1 aromatic carbocycles. The van der Waals surface area contributed by atoms with Crippen LogP contribution in [0.1, 0.15) is 28.9 Å². The van der Waals surface area contributed by atoms with Crippen LogP contribution < -0.4 is 15.4 Å². The summed E-state index contributed by atoms with van der Waals surface area (Å²) in [6, 6.07) is 7.92. The first-order valence-electron chi connectivity index (χ1n) is 9.16. The summed E-state index contributed by atoms with van der Waals surface area (Å²) in [6.07, 6.45) is 5.89. The molecule has 0 spiro atoms. The molecule has 28 heavy (non-hydrogen) atoms. The molecule has 1 fully saturated rings. The fourth-order valence-corrected chi connectivity index (χ4v) is 3.27. The molecular weight excluding hydrogens is 360 g/mol. The van der Waals surface area contributed by atoms with Gasteiger partial charge in [-0.25, -0.2) is 4.98 Å². The molecule has 1 saturated heterocycles. The Balaban J connectivity index is 1.58. The van der Waals surface area contributed by atoms with Crippen LogP contribution in [-0.4, -0.2) is 55.2 Å². The monoisotopic (exact) mass is 384 g/mol. The maximum Gasteiger partial charge on any atom is 0.271 e. The van der Waals surface area contributed by atoms with Crippen molar-refractivity contribution < 1.29 is 19.1 Å². The van der Waals surface area contributed by atoms with E-state index in [1.165, 1.54) is 18.6 Å². The predicted octanol–water partition coefficient (Wildman–Crippen LogP) is 1.08. The molecule has 0 unspecified atom stereocenters. The maximum absolute atomic E-state index is 12.3. The molecule has 0 aliphatic carbocycles. The number of nitrogens with one attached hydrogen (secondary N) is 2. The van der Waals surface area contributed by atoms with Gasteiger partial charge >= 0.3 is 0 Å². The normalized spacial score (nSPS) is 15.5. The van der Waals surface area contributed by atoms with Crippen molar-refractivity contribution in [2.24, 2.45) is 0 Å². The number of hydrogen-bond acceptors (Lipinski definition) is 6. The first kappa shape index (κ1) is 19.8. The van der Waals surface area contributed by atoms with Crippen molar-refractivity contribution in [3.05, 3.63) is 54.1 Å². The Hall–Kier alpha value is -3.00. The molecule has 0 radical (unpaired) electrons. The van der Waals surface area contributed by atoms with E-state index in [0.717, 1.165) is 24.2 Å². The second-order valence-electron chi connectivity index (χ2n) is 6.67. The van der Waals surface area contributed by atoms with Gasteiger partial charge in [-0.05, 0) is 30.5 Å². The lowest BCUT2D eigenvalue weighted by atomic mass is 9.74. The van der Waals surface area contributed by atoms with Gasteiger partial charge < -0.3 is 20.1 Å². The van der Waals surface area contributed by atoms with E-state index in [1.54, 1.807) is 7.11 Å². The average Bonchev–Trinajstić information content (AvgIpc) is 2.77. The Kier molecular flexibility index (Phi) is 6.54. The third-order valence-corrected chi connectivity index (χ3v) is 4.98. The van der Waals surface area contributed by atoms with E-state index in [1.807, 2.05) is 24.3 Å². The van der Waals surface area contributed by atoms with E-state index in [-0.39, 0.29) is 23.6 Å². The minimum absolute atomic E-state index is 0.120. The van der Waals surface area contributed by atoms with Gasteiger partial charge in [0.1, 0.15) is 11.4 Å². The van der Waals surface area contributed by atoms with Crippen LogP contribution in [0.4, 0.5) is 0 Å². The SMILES string of the molecule is COc1ccc(C2(CNC(=O)CNC(=O)c3cnccn3)CCOCC2)cc1. The van der Waals surface area contributed by atoms with Crippen LogP contribution in [-0.2, 0) is 14.9 Å². The van der Waals surface area contributed by atoms with Gasteiger partial charge in [0.25, 0.3) is 5.91 Å². The average molecular weight is 384 g/mol. The van der Waals surface area contributed by atoms with E-state index >= 15 is 0 Å². The van der Waals surface area contributed by atoms with Gasteiger partial charge in [0.15, 0.2) is 0 Å². The van der Waals surface area contributed by atoms with E-state index in [2.05, 4.69) is 20.6 Å². The molecule has 2 heterocycles. The van der Waals surface area contributed by atoms with Gasteiger partial charge in [-0.15, -0.1) is 0 Å². The smallest absolute Gasteiger partial charge is 0.271 e. The number of nitrogens with zero attached hydrogens (tertiary/aromatic N) is 2. The van der Waals surface area contributed by atoms with Crippen molar-refractivity contribution in [1.29, 1.82) is 0 Å². The van der Waals surface area contributed by atoms with Crippen LogP contribution in [0.25, 0.3) is 0 Å². The number of carbonyl (C=O) groups is 2. The highest BCUT2D eigenvalue weighted by Gasteiger charge is 2.34. The summed E-state index contributed by atoms with van der Waals surface area (Å²) < 4.78 is 10.8. The number of aromatic nitrogens is 2. The summed E-state index contributed by atoms with van der Waals surface area (Å²) in [5.41, 5.74) is 1.12. The molecule has 1 aliphatic heterocycles. The van der Waals surface area contributed by atoms with Gasteiger partial charge in [-0.3, -0.25) is 14.6 Å². The quantitative estimate of drug-likeness (QED) is 0.741. The first-order chi connectivity index (χ1) is 13.6. The van der Waals surface area contributed by atoms with Crippen molar-refractivity contribution in [2.45, 2.75) is 18.3 Å². The van der Waals surface area contributed by atoms with Crippen molar-refractivity contribution in [2.75, 3.05) is 33.4 Å². The Morgan fingerprint density at radius 1 is 1.14 bits per heavy atom. The standard InChI is InChI=1S/C20H24N4O4/c1-27-16-4-2-15(3-5-16)20(6-10-28-11-7-20)14-24-18(25)13-23-19(26)17-12-21-8-9-22-17/h2-5,8-9,12H,6-7,10-11,13-14H2,1H3,(H,23,26)(H,24,25). The second kappa shape index (κ2) is 9.27. The molecule has 2 N–H and O–H groups in total. The van der Waals surface area contributed by atoms with Crippen LogP contribution >= 0.6 is 0 Å². The molecule has 1 aliphatic rings.